The largest absolute Gasteiger partial charge is 0.377 e. The first kappa shape index (κ1) is 14.9. The van der Waals surface area contributed by atoms with Gasteiger partial charge in [0.2, 0.25) is 0 Å². The number of hydrogen-bond donors (Lipinski definition) is 1. The van der Waals surface area contributed by atoms with Crippen molar-refractivity contribution in [2.75, 3.05) is 19.0 Å². The smallest absolute Gasteiger partial charge is 0.157 e. The van der Waals surface area contributed by atoms with Gasteiger partial charge in [0.25, 0.3) is 0 Å². The Morgan fingerprint density at radius 1 is 1.30 bits per heavy atom. The SMILES string of the molecule is CCNc1cc(-c2cc(Br)ccc2F)nc(COC)n1. The van der Waals surface area contributed by atoms with Crippen molar-refractivity contribution in [3.8, 4) is 11.3 Å². The molecule has 1 aromatic heterocycles. The molecule has 0 fully saturated rings. The van der Waals surface area contributed by atoms with E-state index in [1.165, 1.54) is 6.07 Å². The number of nitrogens with one attached hydrogen (secondary N) is 1. The zero-order valence-electron chi connectivity index (χ0n) is 11.3. The lowest BCUT2D eigenvalue weighted by Crippen LogP contribution is -2.05. The van der Waals surface area contributed by atoms with Crippen LogP contribution in [0.3, 0.4) is 0 Å². The zero-order chi connectivity index (χ0) is 14.5. The number of rotatable bonds is 5. The first-order valence-electron chi connectivity index (χ1n) is 6.20. The zero-order valence-corrected chi connectivity index (χ0v) is 12.9. The Bertz CT molecular complexity index is 583. The normalized spacial score (nSPS) is 10.6. The Morgan fingerprint density at radius 3 is 2.80 bits per heavy atom. The molecule has 2 aromatic rings. The average Bonchev–Trinajstić information content (AvgIpc) is 2.42. The highest BCUT2D eigenvalue weighted by atomic mass is 79.9. The Morgan fingerprint density at radius 2 is 2.10 bits per heavy atom. The van der Waals surface area contributed by atoms with Crippen LogP contribution in [0.1, 0.15) is 12.7 Å². The summed E-state index contributed by atoms with van der Waals surface area (Å²) < 4.78 is 19.8. The molecule has 0 aliphatic rings. The molecule has 0 amide bonds. The van der Waals surface area contributed by atoms with Crippen molar-refractivity contribution in [3.63, 3.8) is 0 Å². The Kier molecular flexibility index (Phi) is 5.03. The summed E-state index contributed by atoms with van der Waals surface area (Å²) >= 11 is 3.34. The third-order valence-corrected chi connectivity index (χ3v) is 3.10. The highest BCUT2D eigenvalue weighted by Crippen LogP contribution is 2.26. The molecule has 0 radical (unpaired) electrons. The van der Waals surface area contributed by atoms with E-state index in [1.807, 2.05) is 6.92 Å². The Balaban J connectivity index is 2.51. The summed E-state index contributed by atoms with van der Waals surface area (Å²) in [5.74, 6) is 0.849. The molecule has 106 valence electrons. The molecular weight excluding hydrogens is 325 g/mol. The van der Waals surface area contributed by atoms with Crippen molar-refractivity contribution in [2.24, 2.45) is 0 Å². The molecule has 20 heavy (non-hydrogen) atoms. The molecule has 0 aliphatic carbocycles. The molecule has 0 spiro atoms. The van der Waals surface area contributed by atoms with Gasteiger partial charge in [-0.25, -0.2) is 14.4 Å². The molecule has 0 atom stereocenters. The molecule has 0 saturated carbocycles. The number of methoxy groups -OCH3 is 1. The molecule has 6 heteroatoms. The van der Waals surface area contributed by atoms with Crippen molar-refractivity contribution in [2.45, 2.75) is 13.5 Å². The number of halogens is 2. The number of aromatic nitrogens is 2. The molecule has 4 nitrogen and oxygen atoms in total. The van der Waals surface area contributed by atoms with E-state index < -0.39 is 0 Å². The van der Waals surface area contributed by atoms with Crippen LogP contribution in [0.25, 0.3) is 11.3 Å². The van der Waals surface area contributed by atoms with Gasteiger partial charge in [-0.2, -0.15) is 0 Å². The highest BCUT2D eigenvalue weighted by Gasteiger charge is 2.11. The first-order valence-corrected chi connectivity index (χ1v) is 6.99. The molecule has 0 unspecified atom stereocenters. The lowest BCUT2D eigenvalue weighted by Gasteiger charge is -2.09. The summed E-state index contributed by atoms with van der Waals surface area (Å²) in [6.45, 7) is 2.98. The predicted octanol–water partition coefficient (Wildman–Crippen LogP) is 3.62. The van der Waals surface area contributed by atoms with Gasteiger partial charge in [-0.1, -0.05) is 15.9 Å². The van der Waals surface area contributed by atoms with Gasteiger partial charge < -0.3 is 10.1 Å². The third-order valence-electron chi connectivity index (χ3n) is 2.61. The van der Waals surface area contributed by atoms with Gasteiger partial charge >= 0.3 is 0 Å². The summed E-state index contributed by atoms with van der Waals surface area (Å²) in [6, 6.07) is 6.49. The number of anilines is 1. The number of ether oxygens (including phenoxy) is 1. The van der Waals surface area contributed by atoms with Crippen LogP contribution in [0.4, 0.5) is 10.2 Å². The summed E-state index contributed by atoms with van der Waals surface area (Å²) in [5.41, 5.74) is 0.958. The van der Waals surface area contributed by atoms with Crippen molar-refractivity contribution < 1.29 is 9.13 Å². The molecule has 1 heterocycles. The minimum Gasteiger partial charge on any atom is -0.377 e. The maximum Gasteiger partial charge on any atom is 0.157 e. The van der Waals surface area contributed by atoms with Crippen molar-refractivity contribution >= 4 is 21.7 Å². The molecule has 0 saturated heterocycles. The molecule has 1 aromatic carbocycles. The molecule has 0 bridgehead atoms. The van der Waals surface area contributed by atoms with E-state index >= 15 is 0 Å². The van der Waals surface area contributed by atoms with Crippen LogP contribution in [0.5, 0.6) is 0 Å². The van der Waals surface area contributed by atoms with Crippen molar-refractivity contribution in [1.29, 1.82) is 0 Å². The van der Waals surface area contributed by atoms with E-state index in [-0.39, 0.29) is 12.4 Å². The average molecular weight is 340 g/mol. The molecule has 2 rings (SSSR count). The van der Waals surface area contributed by atoms with Crippen LogP contribution in [0.15, 0.2) is 28.7 Å². The number of benzene rings is 1. The fraction of sp³-hybridized carbons (Fsp3) is 0.286. The van der Waals surface area contributed by atoms with Gasteiger partial charge in [0, 0.05) is 29.8 Å². The summed E-state index contributed by atoms with van der Waals surface area (Å²) in [6.07, 6.45) is 0. The first-order chi connectivity index (χ1) is 9.63. The second kappa shape index (κ2) is 6.76. The highest BCUT2D eigenvalue weighted by molar-refractivity contribution is 9.10. The van der Waals surface area contributed by atoms with E-state index in [0.29, 0.717) is 22.9 Å². The summed E-state index contributed by atoms with van der Waals surface area (Å²) in [4.78, 5) is 8.65. The maximum absolute atomic E-state index is 14.0. The van der Waals surface area contributed by atoms with E-state index in [0.717, 1.165) is 11.0 Å². The van der Waals surface area contributed by atoms with E-state index in [9.17, 15) is 4.39 Å². The van der Waals surface area contributed by atoms with Gasteiger partial charge in [-0.3, -0.25) is 0 Å². The lowest BCUT2D eigenvalue weighted by molar-refractivity contribution is 0.178. The van der Waals surface area contributed by atoms with Crippen LogP contribution in [-0.4, -0.2) is 23.6 Å². The topological polar surface area (TPSA) is 47.0 Å². The fourth-order valence-corrected chi connectivity index (χ4v) is 2.16. The molecule has 0 aliphatic heterocycles. The predicted molar refractivity (Wildman–Crippen MR) is 80.0 cm³/mol. The van der Waals surface area contributed by atoms with Gasteiger partial charge in [0.1, 0.15) is 18.2 Å². The quantitative estimate of drug-likeness (QED) is 0.903. The van der Waals surface area contributed by atoms with E-state index in [2.05, 4.69) is 31.2 Å². The molecule has 1 N–H and O–H groups in total. The minimum atomic E-state index is -0.322. The van der Waals surface area contributed by atoms with Gasteiger partial charge in [-0.05, 0) is 25.1 Å². The number of hydrogen-bond acceptors (Lipinski definition) is 4. The van der Waals surface area contributed by atoms with Crippen LogP contribution in [-0.2, 0) is 11.3 Å². The molecular formula is C14H15BrFN3O. The Hall–Kier alpha value is -1.53. The monoisotopic (exact) mass is 339 g/mol. The minimum absolute atomic E-state index is 0.280. The second-order valence-corrected chi connectivity index (χ2v) is 5.06. The Labute approximate surface area is 125 Å². The van der Waals surface area contributed by atoms with Crippen molar-refractivity contribution in [3.05, 3.63) is 40.4 Å². The third kappa shape index (κ3) is 3.52. The standard InChI is InChI=1S/C14H15BrFN3O/c1-3-17-13-7-12(18-14(19-13)8-20-2)10-6-9(15)4-5-11(10)16/h4-7H,3,8H2,1-2H3,(H,17,18,19). The van der Waals surface area contributed by atoms with Gasteiger partial charge in [0.05, 0.1) is 5.69 Å². The lowest BCUT2D eigenvalue weighted by atomic mass is 10.1. The van der Waals surface area contributed by atoms with Crippen molar-refractivity contribution in [1.82, 2.24) is 9.97 Å². The summed E-state index contributed by atoms with van der Waals surface area (Å²) in [5, 5.41) is 3.11. The fourth-order valence-electron chi connectivity index (χ4n) is 1.79. The maximum atomic E-state index is 14.0. The van der Waals surface area contributed by atoms with E-state index in [4.69, 9.17) is 4.74 Å². The van der Waals surface area contributed by atoms with Crippen LogP contribution < -0.4 is 5.32 Å². The second-order valence-electron chi connectivity index (χ2n) is 4.14. The number of nitrogens with zero attached hydrogens (tertiary/aromatic N) is 2. The van der Waals surface area contributed by atoms with Gasteiger partial charge in [-0.15, -0.1) is 0 Å². The van der Waals surface area contributed by atoms with E-state index in [1.54, 1.807) is 25.3 Å². The van der Waals surface area contributed by atoms with Crippen LogP contribution in [0, 0.1) is 5.82 Å². The van der Waals surface area contributed by atoms with Gasteiger partial charge in [0.15, 0.2) is 5.82 Å². The van der Waals surface area contributed by atoms with Crippen LogP contribution in [0.2, 0.25) is 0 Å². The summed E-state index contributed by atoms with van der Waals surface area (Å²) in [7, 11) is 1.57. The van der Waals surface area contributed by atoms with Crippen LogP contribution >= 0.6 is 15.9 Å².